The number of carbonyl (C=O) groups is 1. The van der Waals surface area contributed by atoms with Gasteiger partial charge in [-0.05, 0) is 31.0 Å². The second-order valence-electron chi connectivity index (χ2n) is 6.90. The number of carbonyl (C=O) groups excluding carboxylic acids is 1. The lowest BCUT2D eigenvalue weighted by Gasteiger charge is -2.26. The molecule has 1 amide bonds. The number of amides is 1. The van der Waals surface area contributed by atoms with Crippen molar-refractivity contribution in [3.05, 3.63) is 65.9 Å². The Kier molecular flexibility index (Phi) is 5.12. The van der Waals surface area contributed by atoms with Crippen LogP contribution in [-0.2, 0) is 11.3 Å². The van der Waals surface area contributed by atoms with E-state index < -0.39 is 0 Å². The molecule has 0 radical (unpaired) electrons. The molecule has 3 aromatic rings. The molecular formula is C22H24N2O3. The fourth-order valence-corrected chi connectivity index (χ4v) is 3.65. The van der Waals surface area contributed by atoms with E-state index in [0.29, 0.717) is 18.8 Å². The molecule has 4 rings (SSSR count). The predicted molar refractivity (Wildman–Crippen MR) is 105 cm³/mol. The van der Waals surface area contributed by atoms with E-state index in [1.807, 2.05) is 59.5 Å². The van der Waals surface area contributed by atoms with E-state index in [2.05, 4.69) is 4.98 Å². The number of para-hydroxylation sites is 2. The Hall–Kier alpha value is -2.79. The van der Waals surface area contributed by atoms with Crippen molar-refractivity contribution in [3.8, 4) is 5.75 Å². The Morgan fingerprint density at radius 3 is 2.81 bits per heavy atom. The predicted octanol–water partition coefficient (Wildman–Crippen LogP) is 4.00. The molecule has 0 spiro atoms. The van der Waals surface area contributed by atoms with E-state index >= 15 is 0 Å². The van der Waals surface area contributed by atoms with E-state index in [4.69, 9.17) is 9.47 Å². The van der Waals surface area contributed by atoms with E-state index in [0.717, 1.165) is 41.7 Å². The molecule has 2 aromatic carbocycles. The van der Waals surface area contributed by atoms with Crippen LogP contribution in [0.25, 0.3) is 10.9 Å². The summed E-state index contributed by atoms with van der Waals surface area (Å²) in [6.45, 7) is 1.83. The lowest BCUT2D eigenvalue weighted by atomic mass is 10.1. The molecular weight excluding hydrogens is 340 g/mol. The molecule has 140 valence electrons. The molecule has 0 aliphatic carbocycles. The summed E-state index contributed by atoms with van der Waals surface area (Å²) >= 11 is 0. The highest BCUT2D eigenvalue weighted by Gasteiger charge is 2.25. The number of aromatic amines is 1. The number of H-pyrrole nitrogens is 1. The molecule has 1 aliphatic rings. The average molecular weight is 364 g/mol. The van der Waals surface area contributed by atoms with Gasteiger partial charge in [-0.1, -0.05) is 36.4 Å². The Morgan fingerprint density at radius 2 is 2.04 bits per heavy atom. The van der Waals surface area contributed by atoms with E-state index in [-0.39, 0.29) is 12.0 Å². The molecule has 1 fully saturated rings. The molecule has 1 saturated heterocycles. The Labute approximate surface area is 158 Å². The zero-order valence-corrected chi connectivity index (χ0v) is 15.5. The first kappa shape index (κ1) is 17.6. The van der Waals surface area contributed by atoms with Gasteiger partial charge in [-0.25, -0.2) is 0 Å². The van der Waals surface area contributed by atoms with E-state index in [9.17, 15) is 4.79 Å². The monoisotopic (exact) mass is 364 g/mol. The molecule has 0 bridgehead atoms. The molecule has 1 aromatic heterocycles. The van der Waals surface area contributed by atoms with Crippen LogP contribution >= 0.6 is 0 Å². The van der Waals surface area contributed by atoms with Crippen LogP contribution < -0.4 is 4.74 Å². The highest BCUT2D eigenvalue weighted by atomic mass is 16.5. The lowest BCUT2D eigenvalue weighted by Crippen LogP contribution is -2.37. The largest absolute Gasteiger partial charge is 0.496 e. The molecule has 1 N–H and O–H groups in total. The minimum absolute atomic E-state index is 0.0207. The first-order valence-corrected chi connectivity index (χ1v) is 9.35. The first-order chi connectivity index (χ1) is 13.2. The van der Waals surface area contributed by atoms with Gasteiger partial charge >= 0.3 is 0 Å². The summed E-state index contributed by atoms with van der Waals surface area (Å²) in [5.41, 5.74) is 2.56. The first-order valence-electron chi connectivity index (χ1n) is 9.35. The van der Waals surface area contributed by atoms with Gasteiger partial charge < -0.3 is 19.4 Å². The van der Waals surface area contributed by atoms with E-state index in [1.54, 1.807) is 7.11 Å². The van der Waals surface area contributed by atoms with Gasteiger partial charge in [0.2, 0.25) is 0 Å². The van der Waals surface area contributed by atoms with Crippen LogP contribution in [-0.4, -0.2) is 42.2 Å². The van der Waals surface area contributed by atoms with Crippen LogP contribution in [0.3, 0.4) is 0 Å². The molecule has 0 saturated carbocycles. The van der Waals surface area contributed by atoms with E-state index in [1.165, 1.54) is 0 Å². The van der Waals surface area contributed by atoms with Gasteiger partial charge in [-0.3, -0.25) is 4.79 Å². The van der Waals surface area contributed by atoms with Crippen molar-refractivity contribution < 1.29 is 14.3 Å². The fraction of sp³-hybridized carbons (Fsp3) is 0.318. The van der Waals surface area contributed by atoms with Gasteiger partial charge in [0.25, 0.3) is 5.91 Å². The second kappa shape index (κ2) is 7.84. The number of benzene rings is 2. The summed E-state index contributed by atoms with van der Waals surface area (Å²) in [6, 6.07) is 17.7. The number of hydrogen-bond donors (Lipinski definition) is 1. The molecule has 27 heavy (non-hydrogen) atoms. The van der Waals surface area contributed by atoms with Gasteiger partial charge in [0.15, 0.2) is 0 Å². The minimum Gasteiger partial charge on any atom is -0.496 e. The summed E-state index contributed by atoms with van der Waals surface area (Å²) in [7, 11) is 1.66. The van der Waals surface area contributed by atoms with Gasteiger partial charge in [0.1, 0.15) is 11.4 Å². The average Bonchev–Trinajstić information content (AvgIpc) is 3.36. The number of rotatable bonds is 6. The maximum absolute atomic E-state index is 13.3. The highest BCUT2D eigenvalue weighted by Crippen LogP contribution is 2.23. The Balaban J connectivity index is 1.62. The maximum atomic E-state index is 13.3. The topological polar surface area (TPSA) is 54.6 Å². The van der Waals surface area contributed by atoms with Crippen LogP contribution in [0, 0.1) is 0 Å². The summed E-state index contributed by atoms with van der Waals surface area (Å²) in [6.07, 6.45) is 2.13. The summed E-state index contributed by atoms with van der Waals surface area (Å²) in [5.74, 6) is 0.770. The van der Waals surface area contributed by atoms with Gasteiger partial charge in [0, 0.05) is 36.2 Å². The molecule has 1 atom stereocenters. The van der Waals surface area contributed by atoms with Gasteiger partial charge in [-0.2, -0.15) is 0 Å². The number of fused-ring (bicyclic) bond motifs is 1. The minimum atomic E-state index is -0.0207. The second-order valence-corrected chi connectivity index (χ2v) is 6.90. The highest BCUT2D eigenvalue weighted by molar-refractivity contribution is 5.98. The van der Waals surface area contributed by atoms with Crippen LogP contribution in [0.15, 0.2) is 54.6 Å². The number of ether oxygens (including phenoxy) is 2. The summed E-state index contributed by atoms with van der Waals surface area (Å²) in [4.78, 5) is 18.4. The number of aromatic nitrogens is 1. The lowest BCUT2D eigenvalue weighted by molar-refractivity contribution is 0.0502. The fourth-order valence-electron chi connectivity index (χ4n) is 3.65. The normalized spacial score (nSPS) is 16.6. The van der Waals surface area contributed by atoms with Crippen molar-refractivity contribution >= 4 is 16.8 Å². The van der Waals surface area contributed by atoms with Crippen molar-refractivity contribution in [1.82, 2.24) is 9.88 Å². The van der Waals surface area contributed by atoms with Crippen molar-refractivity contribution in [3.63, 3.8) is 0 Å². The number of nitrogens with zero attached hydrogens (tertiary/aromatic N) is 1. The number of hydrogen-bond acceptors (Lipinski definition) is 3. The standard InChI is InChI=1S/C22H24N2O3/c1-26-21-11-5-3-8-17(21)14-24(15-18-9-6-12-27-18)22(25)20-13-16-7-2-4-10-19(16)23-20/h2-5,7-8,10-11,13,18,23H,6,9,12,14-15H2,1H3. The van der Waals surface area contributed by atoms with Gasteiger partial charge in [0.05, 0.1) is 13.2 Å². The third-order valence-electron chi connectivity index (χ3n) is 5.05. The zero-order valence-electron chi connectivity index (χ0n) is 15.5. The van der Waals surface area contributed by atoms with Crippen LogP contribution in [0.2, 0.25) is 0 Å². The summed E-state index contributed by atoms with van der Waals surface area (Å²) in [5, 5.41) is 1.04. The number of nitrogens with one attached hydrogen (secondary N) is 1. The molecule has 2 heterocycles. The Bertz CT molecular complexity index is 895. The van der Waals surface area contributed by atoms with Gasteiger partial charge in [-0.15, -0.1) is 0 Å². The van der Waals surface area contributed by atoms with Crippen molar-refractivity contribution in [2.45, 2.75) is 25.5 Å². The van der Waals surface area contributed by atoms with Crippen molar-refractivity contribution in [2.75, 3.05) is 20.3 Å². The van der Waals surface area contributed by atoms with Crippen LogP contribution in [0.4, 0.5) is 0 Å². The third-order valence-corrected chi connectivity index (χ3v) is 5.05. The van der Waals surface area contributed by atoms with Crippen molar-refractivity contribution in [1.29, 1.82) is 0 Å². The quantitative estimate of drug-likeness (QED) is 0.719. The van der Waals surface area contributed by atoms with Crippen LogP contribution in [0.5, 0.6) is 5.75 Å². The molecule has 5 heteroatoms. The number of methoxy groups -OCH3 is 1. The molecule has 1 aliphatic heterocycles. The molecule has 1 unspecified atom stereocenters. The van der Waals surface area contributed by atoms with Crippen LogP contribution in [0.1, 0.15) is 28.9 Å². The smallest absolute Gasteiger partial charge is 0.270 e. The molecule has 5 nitrogen and oxygen atoms in total. The maximum Gasteiger partial charge on any atom is 0.270 e. The van der Waals surface area contributed by atoms with Crippen molar-refractivity contribution in [2.24, 2.45) is 0 Å². The summed E-state index contributed by atoms with van der Waals surface area (Å²) < 4.78 is 11.3. The Morgan fingerprint density at radius 1 is 1.22 bits per heavy atom. The zero-order chi connectivity index (χ0) is 18.6. The third kappa shape index (κ3) is 3.83. The SMILES string of the molecule is COc1ccccc1CN(CC1CCCO1)C(=O)c1cc2ccccc2[nH]1.